The summed E-state index contributed by atoms with van der Waals surface area (Å²) in [5, 5.41) is 2.63. The molecule has 1 atom stereocenters. The van der Waals surface area contributed by atoms with E-state index in [0.717, 1.165) is 30.1 Å². The first-order valence-electron chi connectivity index (χ1n) is 9.44. The number of benzene rings is 2. The van der Waals surface area contributed by atoms with Gasteiger partial charge in [-0.1, -0.05) is 12.1 Å². The van der Waals surface area contributed by atoms with E-state index in [-0.39, 0.29) is 24.4 Å². The number of carbonyl (C=O) groups excluding carboxylic acids is 3. The molecule has 1 aliphatic heterocycles. The van der Waals surface area contributed by atoms with Crippen molar-refractivity contribution < 1.29 is 23.9 Å². The second-order valence-electron chi connectivity index (χ2n) is 6.70. The van der Waals surface area contributed by atoms with Gasteiger partial charge in [0.25, 0.3) is 0 Å². The van der Waals surface area contributed by atoms with Crippen molar-refractivity contribution in [2.75, 3.05) is 24.3 Å². The first kappa shape index (κ1) is 21.1. The standard InChI is InChI=1S/C22H23NO5S/c1-15(24)23-17-10-8-16(9-11-17)20(25)13-28-22(26)19-6-2-3-7-21(19)29-14-18-5-4-12-27-18/h2-3,6-11,18H,4-5,12-14H2,1H3,(H,23,24)/t18-/m1/s1. The lowest BCUT2D eigenvalue weighted by Crippen LogP contribution is -2.15. The Morgan fingerprint density at radius 3 is 2.59 bits per heavy atom. The maximum absolute atomic E-state index is 12.5. The van der Waals surface area contributed by atoms with E-state index in [2.05, 4.69) is 5.32 Å². The van der Waals surface area contributed by atoms with Gasteiger partial charge in [-0.3, -0.25) is 9.59 Å². The van der Waals surface area contributed by atoms with Crippen LogP contribution in [0.4, 0.5) is 5.69 Å². The Balaban J connectivity index is 1.56. The van der Waals surface area contributed by atoms with E-state index in [1.54, 1.807) is 48.2 Å². The molecule has 1 fully saturated rings. The van der Waals surface area contributed by atoms with E-state index < -0.39 is 5.97 Å². The zero-order chi connectivity index (χ0) is 20.6. The lowest BCUT2D eigenvalue weighted by atomic mass is 10.1. The third kappa shape index (κ3) is 6.17. The Kier molecular flexibility index (Phi) is 7.43. The third-order valence-corrected chi connectivity index (χ3v) is 5.62. The summed E-state index contributed by atoms with van der Waals surface area (Å²) in [6.45, 7) is 1.86. The van der Waals surface area contributed by atoms with Gasteiger partial charge in [0.05, 0.1) is 11.7 Å². The second kappa shape index (κ2) is 10.2. The average molecular weight is 413 g/mol. The fourth-order valence-electron chi connectivity index (χ4n) is 2.95. The van der Waals surface area contributed by atoms with Gasteiger partial charge in [0.15, 0.2) is 12.4 Å². The molecule has 152 valence electrons. The maximum Gasteiger partial charge on any atom is 0.339 e. The van der Waals surface area contributed by atoms with Crippen LogP contribution in [0.15, 0.2) is 53.4 Å². The molecule has 1 aliphatic rings. The van der Waals surface area contributed by atoms with Crippen LogP contribution in [0.25, 0.3) is 0 Å². The Bertz CT molecular complexity index is 875. The summed E-state index contributed by atoms with van der Waals surface area (Å²) in [5.41, 5.74) is 1.46. The molecule has 2 aromatic carbocycles. The van der Waals surface area contributed by atoms with Gasteiger partial charge in [-0.05, 0) is 49.2 Å². The second-order valence-corrected chi connectivity index (χ2v) is 7.76. The van der Waals surface area contributed by atoms with Crippen molar-refractivity contribution in [3.8, 4) is 0 Å². The topological polar surface area (TPSA) is 81.7 Å². The van der Waals surface area contributed by atoms with E-state index in [1.165, 1.54) is 6.92 Å². The van der Waals surface area contributed by atoms with E-state index in [1.807, 2.05) is 12.1 Å². The summed E-state index contributed by atoms with van der Waals surface area (Å²) in [5.74, 6) is -0.237. The molecule has 0 spiro atoms. The molecule has 0 unspecified atom stereocenters. The minimum atomic E-state index is -0.524. The molecule has 1 amide bonds. The molecule has 1 N–H and O–H groups in total. The Labute approximate surface area is 174 Å². The first-order valence-corrected chi connectivity index (χ1v) is 10.4. The van der Waals surface area contributed by atoms with Gasteiger partial charge >= 0.3 is 5.97 Å². The average Bonchev–Trinajstić information content (AvgIpc) is 3.24. The number of esters is 1. The van der Waals surface area contributed by atoms with Crippen LogP contribution in [-0.4, -0.2) is 42.7 Å². The number of hydrogen-bond acceptors (Lipinski definition) is 6. The number of thioether (sulfide) groups is 1. The molecule has 3 rings (SSSR count). The minimum Gasteiger partial charge on any atom is -0.454 e. The Hall–Kier alpha value is -2.64. The van der Waals surface area contributed by atoms with E-state index in [4.69, 9.17) is 9.47 Å². The lowest BCUT2D eigenvalue weighted by Gasteiger charge is -2.12. The molecule has 2 aromatic rings. The molecular formula is C22H23NO5S. The van der Waals surface area contributed by atoms with Crippen molar-refractivity contribution in [1.29, 1.82) is 0 Å². The number of nitrogens with one attached hydrogen (secondary N) is 1. The number of ketones is 1. The van der Waals surface area contributed by atoms with Crippen LogP contribution in [0.1, 0.15) is 40.5 Å². The summed E-state index contributed by atoms with van der Waals surface area (Å²) < 4.78 is 10.9. The van der Waals surface area contributed by atoms with Gasteiger partial charge < -0.3 is 14.8 Å². The minimum absolute atomic E-state index is 0.186. The number of hydrogen-bond donors (Lipinski definition) is 1. The van der Waals surface area contributed by atoms with Crippen LogP contribution >= 0.6 is 11.8 Å². The smallest absolute Gasteiger partial charge is 0.339 e. The monoisotopic (exact) mass is 413 g/mol. The summed E-state index contributed by atoms with van der Waals surface area (Å²) in [6, 6.07) is 13.7. The first-order chi connectivity index (χ1) is 14.0. The summed E-state index contributed by atoms with van der Waals surface area (Å²) >= 11 is 1.56. The molecule has 0 radical (unpaired) electrons. The van der Waals surface area contributed by atoms with Crippen molar-refractivity contribution in [3.63, 3.8) is 0 Å². The van der Waals surface area contributed by atoms with Crippen LogP contribution in [0.2, 0.25) is 0 Å². The molecule has 0 aliphatic carbocycles. The fourth-order valence-corrected chi connectivity index (χ4v) is 4.06. The van der Waals surface area contributed by atoms with Gasteiger partial charge in [-0.2, -0.15) is 0 Å². The van der Waals surface area contributed by atoms with Crippen molar-refractivity contribution in [3.05, 3.63) is 59.7 Å². The summed E-state index contributed by atoms with van der Waals surface area (Å²) in [6.07, 6.45) is 2.32. The number of ether oxygens (including phenoxy) is 2. The molecule has 0 saturated carbocycles. The highest BCUT2D eigenvalue weighted by Gasteiger charge is 2.19. The van der Waals surface area contributed by atoms with E-state index in [9.17, 15) is 14.4 Å². The molecular weight excluding hydrogens is 390 g/mol. The van der Waals surface area contributed by atoms with E-state index in [0.29, 0.717) is 16.8 Å². The van der Waals surface area contributed by atoms with Gasteiger partial charge in [-0.15, -0.1) is 11.8 Å². The third-order valence-electron chi connectivity index (χ3n) is 4.42. The highest BCUT2D eigenvalue weighted by Crippen LogP contribution is 2.27. The van der Waals surface area contributed by atoms with Gasteiger partial charge in [0.1, 0.15) is 0 Å². The number of amides is 1. The van der Waals surface area contributed by atoms with Crippen molar-refractivity contribution >= 4 is 35.1 Å². The molecule has 1 saturated heterocycles. The predicted molar refractivity (Wildman–Crippen MR) is 111 cm³/mol. The van der Waals surface area contributed by atoms with Crippen molar-refractivity contribution in [2.45, 2.75) is 30.8 Å². The van der Waals surface area contributed by atoms with Crippen LogP contribution < -0.4 is 5.32 Å². The molecule has 1 heterocycles. The van der Waals surface area contributed by atoms with Crippen LogP contribution in [0.3, 0.4) is 0 Å². The maximum atomic E-state index is 12.5. The van der Waals surface area contributed by atoms with Crippen molar-refractivity contribution in [2.24, 2.45) is 0 Å². The summed E-state index contributed by atoms with van der Waals surface area (Å²) in [4.78, 5) is 36.7. The van der Waals surface area contributed by atoms with Crippen molar-refractivity contribution in [1.82, 2.24) is 0 Å². The number of carbonyl (C=O) groups is 3. The Morgan fingerprint density at radius 2 is 1.90 bits per heavy atom. The van der Waals surface area contributed by atoms with Crippen LogP contribution in [0, 0.1) is 0 Å². The Morgan fingerprint density at radius 1 is 1.14 bits per heavy atom. The predicted octanol–water partition coefficient (Wildman–Crippen LogP) is 3.96. The van der Waals surface area contributed by atoms with Gasteiger partial charge in [0, 0.05) is 35.4 Å². The molecule has 29 heavy (non-hydrogen) atoms. The molecule has 0 aromatic heterocycles. The zero-order valence-electron chi connectivity index (χ0n) is 16.2. The molecule has 7 heteroatoms. The SMILES string of the molecule is CC(=O)Nc1ccc(C(=O)COC(=O)c2ccccc2SC[C@H]2CCCO2)cc1. The number of Topliss-reactive ketones (excluding diaryl/α,β-unsaturated/α-hetero) is 1. The van der Waals surface area contributed by atoms with E-state index >= 15 is 0 Å². The van der Waals surface area contributed by atoms with Gasteiger partial charge in [-0.25, -0.2) is 4.79 Å². The number of anilines is 1. The molecule has 0 bridgehead atoms. The summed E-state index contributed by atoms with van der Waals surface area (Å²) in [7, 11) is 0. The van der Waals surface area contributed by atoms with Crippen LogP contribution in [-0.2, 0) is 14.3 Å². The lowest BCUT2D eigenvalue weighted by molar-refractivity contribution is -0.114. The largest absolute Gasteiger partial charge is 0.454 e. The fraction of sp³-hybridized carbons (Fsp3) is 0.318. The normalized spacial score (nSPS) is 15.7. The number of rotatable bonds is 8. The quantitative estimate of drug-likeness (QED) is 0.401. The molecule has 6 nitrogen and oxygen atoms in total. The van der Waals surface area contributed by atoms with Crippen LogP contribution in [0.5, 0.6) is 0 Å². The highest BCUT2D eigenvalue weighted by molar-refractivity contribution is 7.99. The zero-order valence-corrected chi connectivity index (χ0v) is 17.0. The highest BCUT2D eigenvalue weighted by atomic mass is 32.2. The van der Waals surface area contributed by atoms with Gasteiger partial charge in [0.2, 0.25) is 5.91 Å².